The smallest absolute Gasteiger partial charge is 0.103 e. The second kappa shape index (κ2) is 6.96. The number of aliphatic hydroxyl groups excluding tert-OH is 1. The number of hydrogen-bond donors (Lipinski definition) is 1. The molecule has 10 atom stereocenters. The van der Waals surface area contributed by atoms with E-state index < -0.39 is 0 Å². The molecule has 1 N–H and O–H groups in total. The summed E-state index contributed by atoms with van der Waals surface area (Å²) in [5.41, 5.74) is 0.589. The van der Waals surface area contributed by atoms with Crippen LogP contribution in [0.5, 0.6) is 0 Å². The van der Waals surface area contributed by atoms with Crippen LogP contribution in [-0.2, 0) is 4.74 Å². The summed E-state index contributed by atoms with van der Waals surface area (Å²) in [6.45, 7) is 12.4. The Morgan fingerprint density at radius 2 is 1.76 bits per heavy atom. The largest absolute Gasteiger partial charge is 0.392 e. The SMILES string of the molecule is CC(C)CCC[C@@H](C)[C@H]1CC[C@H]2[C@@H]3C[C@@H]4O[C@@]45CCCC(O)[C@]5(C)[C@H]3CC[C@]12C. The fraction of sp³-hybridized carbons (Fsp3) is 1.00. The van der Waals surface area contributed by atoms with E-state index in [1.165, 1.54) is 57.8 Å². The average Bonchev–Trinajstić information content (AvgIpc) is 3.24. The first-order valence-corrected chi connectivity index (χ1v) is 13.1. The summed E-state index contributed by atoms with van der Waals surface area (Å²) in [5, 5.41) is 11.2. The summed E-state index contributed by atoms with van der Waals surface area (Å²) in [5.74, 6) is 4.97. The van der Waals surface area contributed by atoms with Crippen molar-refractivity contribution >= 4 is 0 Å². The molecule has 1 spiro atoms. The molecule has 0 amide bonds. The van der Waals surface area contributed by atoms with E-state index in [0.717, 1.165) is 42.4 Å². The minimum absolute atomic E-state index is 0.0150. The number of hydrogen-bond acceptors (Lipinski definition) is 2. The van der Waals surface area contributed by atoms with Crippen molar-refractivity contribution in [3.8, 4) is 0 Å². The first-order chi connectivity index (χ1) is 13.7. The van der Waals surface area contributed by atoms with E-state index in [-0.39, 0.29) is 17.1 Å². The first kappa shape index (κ1) is 20.8. The van der Waals surface area contributed by atoms with Gasteiger partial charge in [0.25, 0.3) is 0 Å². The highest BCUT2D eigenvalue weighted by molar-refractivity contribution is 5.25. The van der Waals surface area contributed by atoms with Gasteiger partial charge in [0.15, 0.2) is 0 Å². The maximum absolute atomic E-state index is 11.2. The Morgan fingerprint density at radius 1 is 0.966 bits per heavy atom. The summed E-state index contributed by atoms with van der Waals surface area (Å²) in [6, 6.07) is 0. The van der Waals surface area contributed by atoms with E-state index in [0.29, 0.717) is 17.4 Å². The van der Waals surface area contributed by atoms with Crippen LogP contribution in [-0.4, -0.2) is 22.9 Å². The van der Waals surface area contributed by atoms with Gasteiger partial charge >= 0.3 is 0 Å². The molecule has 5 rings (SSSR count). The number of ether oxygens (including phenoxy) is 1. The van der Waals surface area contributed by atoms with Crippen molar-refractivity contribution in [2.24, 2.45) is 46.3 Å². The molecule has 0 bridgehead atoms. The molecule has 1 aliphatic heterocycles. The number of aliphatic hydroxyl groups is 1. The summed E-state index contributed by atoms with van der Waals surface area (Å²) in [4.78, 5) is 0. The van der Waals surface area contributed by atoms with Crippen LogP contribution in [0.2, 0.25) is 0 Å². The fourth-order valence-corrected chi connectivity index (χ4v) is 9.75. The van der Waals surface area contributed by atoms with Gasteiger partial charge in [-0.15, -0.1) is 0 Å². The zero-order valence-corrected chi connectivity index (χ0v) is 19.8. The van der Waals surface area contributed by atoms with Gasteiger partial charge in [-0.2, -0.15) is 0 Å². The van der Waals surface area contributed by atoms with Crippen molar-refractivity contribution < 1.29 is 9.84 Å². The molecule has 0 aromatic rings. The van der Waals surface area contributed by atoms with E-state index in [1.54, 1.807) is 0 Å². The van der Waals surface area contributed by atoms with Gasteiger partial charge in [0.2, 0.25) is 0 Å². The molecule has 5 aliphatic rings. The molecule has 166 valence electrons. The molecule has 0 aromatic carbocycles. The van der Waals surface area contributed by atoms with Gasteiger partial charge in [0, 0.05) is 5.41 Å². The van der Waals surface area contributed by atoms with E-state index in [1.807, 2.05) is 0 Å². The van der Waals surface area contributed by atoms with Crippen LogP contribution >= 0.6 is 0 Å². The van der Waals surface area contributed by atoms with Crippen LogP contribution in [0.1, 0.15) is 105 Å². The lowest BCUT2D eigenvalue weighted by atomic mass is 9.43. The third-order valence-electron chi connectivity index (χ3n) is 11.3. The molecule has 2 nitrogen and oxygen atoms in total. The minimum atomic E-state index is -0.148. The van der Waals surface area contributed by atoms with Gasteiger partial charge in [0.05, 0.1) is 12.2 Å². The normalized spacial score (nSPS) is 54.3. The highest BCUT2D eigenvalue weighted by Crippen LogP contribution is 2.74. The van der Waals surface area contributed by atoms with Crippen LogP contribution in [0.3, 0.4) is 0 Å². The minimum Gasteiger partial charge on any atom is -0.392 e. The Labute approximate surface area is 179 Å². The van der Waals surface area contributed by atoms with Crippen LogP contribution in [0.25, 0.3) is 0 Å². The van der Waals surface area contributed by atoms with Crippen molar-refractivity contribution in [3.05, 3.63) is 0 Å². The summed E-state index contributed by atoms with van der Waals surface area (Å²) in [6.07, 6.45) is 14.8. The summed E-state index contributed by atoms with van der Waals surface area (Å²) < 4.78 is 6.51. The second-order valence-corrected chi connectivity index (χ2v) is 12.8. The third-order valence-corrected chi connectivity index (χ3v) is 11.3. The molecule has 4 saturated carbocycles. The third kappa shape index (κ3) is 2.80. The average molecular weight is 403 g/mol. The fourth-order valence-electron chi connectivity index (χ4n) is 9.75. The molecular weight excluding hydrogens is 356 g/mol. The van der Waals surface area contributed by atoms with Gasteiger partial charge < -0.3 is 9.84 Å². The van der Waals surface area contributed by atoms with Gasteiger partial charge in [-0.1, -0.05) is 53.9 Å². The van der Waals surface area contributed by atoms with Crippen LogP contribution in [0.4, 0.5) is 0 Å². The Bertz CT molecular complexity index is 630. The van der Waals surface area contributed by atoms with E-state index in [4.69, 9.17) is 4.74 Å². The topological polar surface area (TPSA) is 32.8 Å². The van der Waals surface area contributed by atoms with E-state index in [9.17, 15) is 5.11 Å². The standard InChI is InChI=1S/C27H46O2/c1-17(2)8-6-9-18(3)20-11-12-21-19-16-24-27(29-24)14-7-10-23(28)26(27,5)22(19)13-15-25(20,21)4/h17-24,28H,6-16H2,1-5H3/t18-,19+,20-,21+,22+,23?,24+,25-,26+,27+/m1/s1. The Morgan fingerprint density at radius 3 is 2.52 bits per heavy atom. The van der Waals surface area contributed by atoms with Gasteiger partial charge in [-0.05, 0) is 92.3 Å². The van der Waals surface area contributed by atoms with Gasteiger partial charge in [-0.25, -0.2) is 0 Å². The van der Waals surface area contributed by atoms with Crippen molar-refractivity contribution in [2.45, 2.75) is 123 Å². The highest BCUT2D eigenvalue weighted by Gasteiger charge is 2.77. The molecule has 4 aliphatic carbocycles. The summed E-state index contributed by atoms with van der Waals surface area (Å²) in [7, 11) is 0. The van der Waals surface area contributed by atoms with Crippen molar-refractivity contribution in [1.82, 2.24) is 0 Å². The van der Waals surface area contributed by atoms with E-state index in [2.05, 4.69) is 34.6 Å². The van der Waals surface area contributed by atoms with Crippen molar-refractivity contribution in [3.63, 3.8) is 0 Å². The predicted molar refractivity (Wildman–Crippen MR) is 119 cm³/mol. The molecule has 29 heavy (non-hydrogen) atoms. The molecule has 5 fully saturated rings. The molecule has 0 radical (unpaired) electrons. The lowest BCUT2D eigenvalue weighted by Gasteiger charge is -2.60. The highest BCUT2D eigenvalue weighted by atomic mass is 16.6. The Kier molecular flexibility index (Phi) is 4.99. The molecular formula is C27H46O2. The lowest BCUT2D eigenvalue weighted by Crippen LogP contribution is -2.62. The zero-order valence-electron chi connectivity index (χ0n) is 19.8. The maximum atomic E-state index is 11.2. The molecule has 0 aromatic heterocycles. The molecule has 1 heterocycles. The lowest BCUT2D eigenvalue weighted by molar-refractivity contribution is -0.154. The van der Waals surface area contributed by atoms with E-state index >= 15 is 0 Å². The van der Waals surface area contributed by atoms with Crippen molar-refractivity contribution in [2.75, 3.05) is 0 Å². The van der Waals surface area contributed by atoms with Crippen molar-refractivity contribution in [1.29, 1.82) is 0 Å². The number of fused-ring (bicyclic) bond motifs is 4. The quantitative estimate of drug-likeness (QED) is 0.525. The van der Waals surface area contributed by atoms with Gasteiger partial charge in [0.1, 0.15) is 5.60 Å². The Balaban J connectivity index is 1.35. The summed E-state index contributed by atoms with van der Waals surface area (Å²) >= 11 is 0. The molecule has 1 unspecified atom stereocenters. The van der Waals surface area contributed by atoms with Gasteiger partial charge in [-0.3, -0.25) is 0 Å². The van der Waals surface area contributed by atoms with Crippen LogP contribution < -0.4 is 0 Å². The number of rotatable bonds is 5. The molecule has 2 heteroatoms. The second-order valence-electron chi connectivity index (χ2n) is 12.8. The predicted octanol–water partition coefficient (Wildman–Crippen LogP) is 6.60. The first-order valence-electron chi connectivity index (χ1n) is 13.1. The molecule has 1 saturated heterocycles. The van der Waals surface area contributed by atoms with Crippen LogP contribution in [0.15, 0.2) is 0 Å². The van der Waals surface area contributed by atoms with Crippen LogP contribution in [0, 0.1) is 46.3 Å². The Hall–Kier alpha value is -0.0800. The zero-order chi connectivity index (χ0) is 20.6. The maximum Gasteiger partial charge on any atom is 0.103 e. The monoisotopic (exact) mass is 402 g/mol. The number of epoxide rings is 1.